The van der Waals surface area contributed by atoms with Crippen molar-refractivity contribution in [3.05, 3.63) is 22.5 Å². The van der Waals surface area contributed by atoms with Gasteiger partial charge in [-0.05, 0) is 39.7 Å². The van der Waals surface area contributed by atoms with Gasteiger partial charge in [-0.3, -0.25) is 4.79 Å². The molecule has 2 rings (SSSR count). The number of esters is 2. The summed E-state index contributed by atoms with van der Waals surface area (Å²) in [6.07, 6.45) is 0.0443. The highest BCUT2D eigenvalue weighted by Gasteiger charge is 2.29. The van der Waals surface area contributed by atoms with E-state index < -0.39 is 40.3 Å². The second kappa shape index (κ2) is 8.12. The average molecular weight is 400 g/mol. The van der Waals surface area contributed by atoms with Gasteiger partial charge in [0.2, 0.25) is 0 Å². The number of aromatic amines is 1. The molecule has 0 aliphatic carbocycles. The van der Waals surface area contributed by atoms with E-state index in [4.69, 9.17) is 9.47 Å². The third-order valence-corrected chi connectivity index (χ3v) is 5.89. The van der Waals surface area contributed by atoms with Crippen LogP contribution in [0.4, 0.5) is 0 Å². The van der Waals surface area contributed by atoms with Crippen molar-refractivity contribution in [2.24, 2.45) is 0 Å². The molecular formula is C17H24N2O7S. The molecule has 0 radical (unpaired) electrons. The molecule has 10 heteroatoms. The molecule has 0 bridgehead atoms. The summed E-state index contributed by atoms with van der Waals surface area (Å²) in [6, 6.07) is -0.465. The first-order chi connectivity index (χ1) is 12.5. The van der Waals surface area contributed by atoms with Gasteiger partial charge in [0.15, 0.2) is 16.4 Å². The van der Waals surface area contributed by atoms with Crippen LogP contribution in [-0.4, -0.2) is 61.5 Å². The number of rotatable bonds is 6. The van der Waals surface area contributed by atoms with Crippen molar-refractivity contribution in [2.45, 2.75) is 46.3 Å². The molecule has 1 aliphatic heterocycles. The maximum atomic E-state index is 12.2. The van der Waals surface area contributed by atoms with Crippen molar-refractivity contribution >= 4 is 27.7 Å². The summed E-state index contributed by atoms with van der Waals surface area (Å²) in [7, 11) is -3.11. The van der Waals surface area contributed by atoms with Gasteiger partial charge in [0, 0.05) is 11.7 Å². The SMILES string of the molecule is Cc1[nH]c(C(=O)OCC(=O)N[C@@H]2CCS(=O)(=O)C2)c(C)c1C(=O)OC(C)C. The molecule has 0 spiro atoms. The summed E-state index contributed by atoms with van der Waals surface area (Å²) in [5.41, 5.74) is 1.17. The zero-order valence-corrected chi connectivity index (χ0v) is 16.6. The Bertz CT molecular complexity index is 855. The smallest absolute Gasteiger partial charge is 0.355 e. The topological polar surface area (TPSA) is 132 Å². The van der Waals surface area contributed by atoms with E-state index in [2.05, 4.69) is 10.3 Å². The second-order valence-electron chi connectivity index (χ2n) is 6.82. The molecule has 1 amide bonds. The minimum atomic E-state index is -3.11. The van der Waals surface area contributed by atoms with Gasteiger partial charge < -0.3 is 19.8 Å². The molecule has 1 aromatic heterocycles. The largest absolute Gasteiger partial charge is 0.459 e. The van der Waals surface area contributed by atoms with Crippen LogP contribution in [0.1, 0.15) is 52.4 Å². The number of amides is 1. The molecule has 9 nitrogen and oxygen atoms in total. The van der Waals surface area contributed by atoms with Gasteiger partial charge in [0.1, 0.15) is 5.69 Å². The Morgan fingerprint density at radius 2 is 1.89 bits per heavy atom. The molecule has 0 unspecified atom stereocenters. The van der Waals surface area contributed by atoms with Crippen LogP contribution in [0, 0.1) is 13.8 Å². The van der Waals surface area contributed by atoms with Crippen LogP contribution in [0.15, 0.2) is 0 Å². The second-order valence-corrected chi connectivity index (χ2v) is 9.05. The van der Waals surface area contributed by atoms with E-state index in [9.17, 15) is 22.8 Å². The zero-order valence-electron chi connectivity index (χ0n) is 15.7. The standard InChI is InChI=1S/C17H24N2O7S/c1-9(2)26-16(21)14-10(3)15(18-11(14)4)17(22)25-7-13(20)19-12-5-6-27(23,24)8-12/h9,12,18H,5-8H2,1-4H3,(H,19,20)/t12-/m1/s1. The molecule has 2 heterocycles. The predicted molar refractivity (Wildman–Crippen MR) is 96.3 cm³/mol. The molecule has 27 heavy (non-hydrogen) atoms. The summed E-state index contributed by atoms with van der Waals surface area (Å²) in [5, 5.41) is 2.53. The highest BCUT2D eigenvalue weighted by molar-refractivity contribution is 7.91. The van der Waals surface area contributed by atoms with Crippen LogP contribution in [-0.2, 0) is 24.1 Å². The molecule has 1 fully saturated rings. The number of aromatic nitrogens is 1. The lowest BCUT2D eigenvalue weighted by Gasteiger charge is -2.11. The molecule has 0 aromatic carbocycles. The van der Waals surface area contributed by atoms with Gasteiger partial charge in [-0.25, -0.2) is 18.0 Å². The fourth-order valence-electron chi connectivity index (χ4n) is 2.91. The first-order valence-electron chi connectivity index (χ1n) is 8.57. The number of carbonyl (C=O) groups is 3. The Kier molecular flexibility index (Phi) is 6.30. The van der Waals surface area contributed by atoms with Gasteiger partial charge in [0.05, 0.1) is 23.2 Å². The third kappa shape index (κ3) is 5.31. The molecule has 1 saturated heterocycles. The Balaban J connectivity index is 1.96. The van der Waals surface area contributed by atoms with Gasteiger partial charge >= 0.3 is 11.9 Å². The zero-order chi connectivity index (χ0) is 20.4. The average Bonchev–Trinajstić information content (AvgIpc) is 3.02. The summed E-state index contributed by atoms with van der Waals surface area (Å²) in [4.78, 5) is 39.0. The van der Waals surface area contributed by atoms with Gasteiger partial charge in [-0.1, -0.05) is 0 Å². The van der Waals surface area contributed by atoms with E-state index in [0.29, 0.717) is 17.7 Å². The Morgan fingerprint density at radius 1 is 1.22 bits per heavy atom. The van der Waals surface area contributed by atoms with Crippen molar-refractivity contribution in [3.63, 3.8) is 0 Å². The number of sulfone groups is 1. The van der Waals surface area contributed by atoms with Crippen molar-refractivity contribution in [1.29, 1.82) is 0 Å². The van der Waals surface area contributed by atoms with E-state index in [-0.39, 0.29) is 28.9 Å². The highest BCUT2D eigenvalue weighted by atomic mass is 32.2. The lowest BCUT2D eigenvalue weighted by atomic mass is 10.1. The summed E-state index contributed by atoms with van der Waals surface area (Å²) < 4.78 is 32.9. The van der Waals surface area contributed by atoms with Gasteiger partial charge in [-0.15, -0.1) is 0 Å². The number of H-pyrrole nitrogens is 1. The van der Waals surface area contributed by atoms with E-state index in [1.165, 1.54) is 0 Å². The predicted octanol–water partition coefficient (Wildman–Crippen LogP) is 0.657. The first-order valence-corrected chi connectivity index (χ1v) is 10.4. The molecule has 2 N–H and O–H groups in total. The molecule has 0 saturated carbocycles. The van der Waals surface area contributed by atoms with E-state index in [1.807, 2.05) is 0 Å². The van der Waals surface area contributed by atoms with Crippen molar-refractivity contribution < 1.29 is 32.3 Å². The lowest BCUT2D eigenvalue weighted by Crippen LogP contribution is -2.38. The summed E-state index contributed by atoms with van der Waals surface area (Å²) >= 11 is 0. The number of carbonyl (C=O) groups excluding carboxylic acids is 3. The van der Waals surface area contributed by atoms with Crippen molar-refractivity contribution in [3.8, 4) is 0 Å². The van der Waals surface area contributed by atoms with Gasteiger partial charge in [0.25, 0.3) is 5.91 Å². The Labute approximate surface area is 157 Å². The Hall–Kier alpha value is -2.36. The minimum absolute atomic E-state index is 0.0356. The fraction of sp³-hybridized carbons (Fsp3) is 0.588. The summed E-state index contributed by atoms with van der Waals surface area (Å²) in [5.74, 6) is -1.98. The van der Waals surface area contributed by atoms with Gasteiger partial charge in [-0.2, -0.15) is 0 Å². The normalized spacial score (nSPS) is 18.3. The molecule has 1 aliphatic rings. The minimum Gasteiger partial charge on any atom is -0.459 e. The quantitative estimate of drug-likeness (QED) is 0.670. The fourth-order valence-corrected chi connectivity index (χ4v) is 4.59. The van der Waals surface area contributed by atoms with Crippen LogP contribution < -0.4 is 5.32 Å². The highest BCUT2D eigenvalue weighted by Crippen LogP contribution is 2.20. The molecule has 1 aromatic rings. The van der Waals surface area contributed by atoms with E-state index >= 15 is 0 Å². The van der Waals surface area contributed by atoms with Crippen LogP contribution in [0.3, 0.4) is 0 Å². The van der Waals surface area contributed by atoms with Crippen molar-refractivity contribution in [2.75, 3.05) is 18.1 Å². The van der Waals surface area contributed by atoms with E-state index in [0.717, 1.165) is 0 Å². The number of nitrogens with one attached hydrogen (secondary N) is 2. The van der Waals surface area contributed by atoms with Crippen LogP contribution in [0.2, 0.25) is 0 Å². The van der Waals surface area contributed by atoms with Crippen LogP contribution >= 0.6 is 0 Å². The maximum Gasteiger partial charge on any atom is 0.355 e. The molecular weight excluding hydrogens is 376 g/mol. The number of aryl methyl sites for hydroxylation is 1. The van der Waals surface area contributed by atoms with Crippen LogP contribution in [0.25, 0.3) is 0 Å². The monoisotopic (exact) mass is 400 g/mol. The van der Waals surface area contributed by atoms with Crippen molar-refractivity contribution in [1.82, 2.24) is 10.3 Å². The Morgan fingerprint density at radius 3 is 2.44 bits per heavy atom. The first kappa shape index (κ1) is 20.9. The lowest BCUT2D eigenvalue weighted by molar-refractivity contribution is -0.124. The molecule has 150 valence electrons. The number of hydrogen-bond donors (Lipinski definition) is 2. The molecule has 1 atom stereocenters. The van der Waals surface area contributed by atoms with E-state index in [1.54, 1.807) is 27.7 Å². The third-order valence-electron chi connectivity index (χ3n) is 4.12. The number of ether oxygens (including phenoxy) is 2. The maximum absolute atomic E-state index is 12.2. The summed E-state index contributed by atoms with van der Waals surface area (Å²) in [6.45, 7) is 6.12. The number of hydrogen-bond acceptors (Lipinski definition) is 7. The van der Waals surface area contributed by atoms with Crippen LogP contribution in [0.5, 0.6) is 0 Å².